The summed E-state index contributed by atoms with van der Waals surface area (Å²) in [6.07, 6.45) is 1.19. The highest BCUT2D eigenvalue weighted by Gasteiger charge is 1.61. The van der Waals surface area contributed by atoms with Crippen LogP contribution in [0.4, 0.5) is 0 Å². The fourth-order valence-electron chi connectivity index (χ4n) is 0. The maximum absolute atomic E-state index is 2.12. The van der Waals surface area contributed by atoms with Crippen LogP contribution in [0.5, 0.6) is 0 Å². The quantitative estimate of drug-likeness (QED) is 0.463. The first-order valence-electron chi connectivity index (χ1n) is 1.69. The van der Waals surface area contributed by atoms with Crippen molar-refractivity contribution < 1.29 is 0 Å². The van der Waals surface area contributed by atoms with E-state index in [1.165, 1.54) is 6.32 Å². The summed E-state index contributed by atoms with van der Waals surface area (Å²) in [6, 6.07) is 0. The third-order valence-corrected chi connectivity index (χ3v) is 0.408. The van der Waals surface area contributed by atoms with Crippen LogP contribution in [0.2, 0.25) is 13.1 Å². The van der Waals surface area contributed by atoms with Crippen molar-refractivity contribution in [2.24, 2.45) is 0 Å². The molecule has 0 N–H and O–H groups in total. The molecule has 0 saturated carbocycles. The fourth-order valence-corrected chi connectivity index (χ4v) is 0. The van der Waals surface area contributed by atoms with Crippen molar-refractivity contribution in [3.05, 3.63) is 0 Å². The molecule has 1 radical (unpaired) electrons. The van der Waals surface area contributed by atoms with Crippen LogP contribution >= 0.6 is 0 Å². The van der Waals surface area contributed by atoms with Gasteiger partial charge in [0.1, 0.15) is 7.28 Å². The van der Waals surface area contributed by atoms with E-state index in [9.17, 15) is 0 Å². The Labute approximate surface area is 72.7 Å². The zero-order valence-electron chi connectivity index (χ0n) is 3.28. The second kappa shape index (κ2) is 138. The van der Waals surface area contributed by atoms with Gasteiger partial charge in [0.05, 0.1) is 0 Å². The van der Waals surface area contributed by atoms with Crippen molar-refractivity contribution in [2.75, 3.05) is 0 Å². The maximum Gasteiger partial charge on any atom is 0.105 e. The minimum absolute atomic E-state index is 0. The van der Waals surface area contributed by atoms with Crippen LogP contribution in [0, 0.1) is 0 Å². The molecule has 0 aliphatic rings. The molecular weight excluding hydrogens is 119 g/mol. The molecule has 0 heterocycles. The molecule has 0 bridgehead atoms. The fraction of sp³-hybridized carbons (Fsp3) is 1.00. The molecule has 71 valence electrons. The summed E-state index contributed by atoms with van der Waals surface area (Å²) in [7, 11) is 2.12. The van der Waals surface area contributed by atoms with Crippen LogP contribution in [0.15, 0.2) is 0 Å². The van der Waals surface area contributed by atoms with E-state index in [0.717, 1.165) is 0 Å². The normalized spacial score (nSPS) is 2.60. The molecule has 0 aromatic carbocycles. The van der Waals surface area contributed by atoms with Gasteiger partial charge in [-0.25, -0.2) is 0 Å². The van der Waals surface area contributed by atoms with Gasteiger partial charge in [0.2, 0.25) is 0 Å². The lowest BCUT2D eigenvalue weighted by Gasteiger charge is -1.64. The van der Waals surface area contributed by atoms with E-state index in [1.807, 2.05) is 0 Å². The lowest BCUT2D eigenvalue weighted by atomic mass is 9.79. The zero-order chi connectivity index (χ0) is 3.41. The molecule has 0 atom stereocenters. The predicted octanol–water partition coefficient (Wildman–Crippen LogP) is 4.99. The van der Waals surface area contributed by atoms with Gasteiger partial charge in [0.15, 0.2) is 0 Å². The number of hydrogen-bond acceptors (Lipinski definition) is 0. The largest absolute Gasteiger partial charge is 0.105 e. The van der Waals surface area contributed by atoms with E-state index in [1.54, 1.807) is 0 Å². The van der Waals surface area contributed by atoms with E-state index >= 15 is 0 Å². The van der Waals surface area contributed by atoms with Crippen LogP contribution < -0.4 is 0 Å². The van der Waals surface area contributed by atoms with Gasteiger partial charge in [-0.3, -0.25) is 0 Å². The summed E-state index contributed by atoms with van der Waals surface area (Å²) in [5, 5.41) is 0. The molecule has 10 heavy (non-hydrogen) atoms. The molecule has 0 spiro atoms. The van der Waals surface area contributed by atoms with Crippen molar-refractivity contribution in [1.82, 2.24) is 0 Å². The maximum atomic E-state index is 2.12. The highest BCUT2D eigenvalue weighted by Crippen LogP contribution is 1.64. The number of rotatable bonds is 1. The Morgan fingerprint density at radius 2 is 0.900 bits per heavy atom. The molecule has 1 heteroatoms. The Bertz CT molecular complexity index is 6.69. The summed E-state index contributed by atoms with van der Waals surface area (Å²) in [4.78, 5) is 0. The third-order valence-electron chi connectivity index (χ3n) is 0.408. The van der Waals surface area contributed by atoms with Crippen molar-refractivity contribution in [3.63, 3.8) is 0 Å². The standard InChI is InChI=1S/C3H8B.6CH4/c1-3-4-2;;;;;;/h3H2,1-2H3;6*1H4. The molecule has 0 saturated heterocycles. The van der Waals surface area contributed by atoms with Gasteiger partial charge in [-0.1, -0.05) is 64.6 Å². The Balaban J connectivity index is -0.00000000300. The summed E-state index contributed by atoms with van der Waals surface area (Å²) in [5.41, 5.74) is 0. The van der Waals surface area contributed by atoms with E-state index < -0.39 is 0 Å². The minimum Gasteiger partial charge on any atom is -0.0920 e. The highest BCUT2D eigenvalue weighted by molar-refractivity contribution is 6.33. The Kier molecular flexibility index (Phi) is 1220. The predicted molar refractivity (Wildman–Crippen MR) is 62.5 cm³/mol. The molecule has 0 amide bonds. The van der Waals surface area contributed by atoms with E-state index in [0.29, 0.717) is 0 Å². The van der Waals surface area contributed by atoms with Crippen LogP contribution in [-0.4, -0.2) is 7.28 Å². The van der Waals surface area contributed by atoms with Crippen LogP contribution in [0.3, 0.4) is 0 Å². The Morgan fingerprint density at radius 3 is 0.900 bits per heavy atom. The Hall–Kier alpha value is 0.0649. The summed E-state index contributed by atoms with van der Waals surface area (Å²) in [5.74, 6) is 0. The third kappa shape index (κ3) is 355. The van der Waals surface area contributed by atoms with Crippen LogP contribution in [-0.2, 0) is 0 Å². The monoisotopic (exact) mass is 151 g/mol. The second-order valence-corrected chi connectivity index (χ2v) is 0.816. The summed E-state index contributed by atoms with van der Waals surface area (Å²) in [6.45, 7) is 4.18. The topological polar surface area (TPSA) is 0 Å². The molecule has 0 aliphatic heterocycles. The van der Waals surface area contributed by atoms with Crippen LogP contribution in [0.1, 0.15) is 51.5 Å². The van der Waals surface area contributed by atoms with Gasteiger partial charge >= 0.3 is 0 Å². The van der Waals surface area contributed by atoms with Gasteiger partial charge in [-0.15, -0.1) is 0 Å². The van der Waals surface area contributed by atoms with E-state index in [-0.39, 0.29) is 44.6 Å². The summed E-state index contributed by atoms with van der Waals surface area (Å²) < 4.78 is 0. The minimum atomic E-state index is 0. The van der Waals surface area contributed by atoms with E-state index in [2.05, 4.69) is 21.0 Å². The van der Waals surface area contributed by atoms with E-state index in [4.69, 9.17) is 0 Å². The molecule has 0 fully saturated rings. The lowest BCUT2D eigenvalue weighted by molar-refractivity contribution is 1.45. The van der Waals surface area contributed by atoms with Crippen LogP contribution in [0.25, 0.3) is 0 Å². The average Bonchev–Trinajstić information content (AvgIpc) is 1.37. The smallest absolute Gasteiger partial charge is 0.0920 e. The van der Waals surface area contributed by atoms with Gasteiger partial charge in [-0.05, 0) is 0 Å². The van der Waals surface area contributed by atoms with Gasteiger partial charge in [0.25, 0.3) is 0 Å². The van der Waals surface area contributed by atoms with Crippen molar-refractivity contribution in [1.29, 1.82) is 0 Å². The lowest BCUT2D eigenvalue weighted by Crippen LogP contribution is -1.67. The van der Waals surface area contributed by atoms with Crippen molar-refractivity contribution in [3.8, 4) is 0 Å². The molecular formula is C9H32B. The first-order chi connectivity index (χ1) is 1.91. The molecule has 0 nitrogen and oxygen atoms in total. The SMILES string of the molecule is C.C.C.C.C.C.C[B]CC. The Morgan fingerprint density at radius 1 is 0.800 bits per heavy atom. The first kappa shape index (κ1) is 88.0. The molecule has 0 aliphatic carbocycles. The first-order valence-corrected chi connectivity index (χ1v) is 1.69. The number of hydrogen-bond donors (Lipinski definition) is 0. The zero-order valence-corrected chi connectivity index (χ0v) is 3.28. The van der Waals surface area contributed by atoms with Gasteiger partial charge in [-0.2, -0.15) is 0 Å². The molecule has 0 aromatic heterocycles. The van der Waals surface area contributed by atoms with Crippen molar-refractivity contribution in [2.45, 2.75) is 64.6 Å². The summed E-state index contributed by atoms with van der Waals surface area (Å²) >= 11 is 0. The molecule has 0 unspecified atom stereocenters. The van der Waals surface area contributed by atoms with Gasteiger partial charge < -0.3 is 0 Å². The molecule has 0 rings (SSSR count). The van der Waals surface area contributed by atoms with Crippen molar-refractivity contribution >= 4 is 7.28 Å². The van der Waals surface area contributed by atoms with Gasteiger partial charge in [0, 0.05) is 0 Å². The highest BCUT2D eigenvalue weighted by atomic mass is 13.3. The second-order valence-electron chi connectivity index (χ2n) is 0.816. The average molecular weight is 151 g/mol. The molecule has 0 aromatic rings.